The van der Waals surface area contributed by atoms with Crippen molar-refractivity contribution in [3.8, 4) is 0 Å². The monoisotopic (exact) mass is 446 g/mol. The number of likely N-dealkylation sites (N-methyl/N-ethyl adjacent to an activating group) is 1. The minimum absolute atomic E-state index is 0.0804. The van der Waals surface area contributed by atoms with Gasteiger partial charge in [-0.3, -0.25) is 9.78 Å². The number of sulfonamides is 1. The molecule has 2 aromatic rings. The molecule has 10 nitrogen and oxygen atoms in total. The number of nitrogens with zero attached hydrogens (tertiary/aromatic N) is 4. The molecule has 0 saturated carbocycles. The second-order valence-electron chi connectivity index (χ2n) is 7.51. The second-order valence-corrected chi connectivity index (χ2v) is 9.42. The Balaban J connectivity index is 1.77. The van der Waals surface area contributed by atoms with E-state index in [0.717, 1.165) is 19.5 Å². The van der Waals surface area contributed by atoms with Crippen molar-refractivity contribution in [1.29, 1.82) is 0 Å². The van der Waals surface area contributed by atoms with Crippen LogP contribution in [0.15, 0.2) is 27.9 Å². The van der Waals surface area contributed by atoms with Gasteiger partial charge in [-0.25, -0.2) is 17.9 Å². The Labute approximate surface area is 180 Å². The largest absolute Gasteiger partial charge is 0.343 e. The molecule has 1 aromatic heterocycles. The average molecular weight is 447 g/mol. The van der Waals surface area contributed by atoms with Gasteiger partial charge in [0.1, 0.15) is 0 Å². The van der Waals surface area contributed by atoms with Crippen LogP contribution in [0.4, 0.5) is 5.69 Å². The predicted molar refractivity (Wildman–Crippen MR) is 117 cm³/mol. The standard InChI is InChI=1S/C20H26N6O4S/c1-3-24-9-6-10-25(12-11-24)31(29,30)16-8-5-7-15-18(16)14(19(27)21-15)13-17-22-20(28)26(4-2)23-17/h5,7-8,13H,3-4,6,9-12H2,1-2H3,(H,21,27)(H,22,23,28)/b14-13-. The molecule has 2 N–H and O–H groups in total. The zero-order chi connectivity index (χ0) is 22.2. The molecule has 2 aliphatic rings. The summed E-state index contributed by atoms with van der Waals surface area (Å²) in [5.74, 6) is -0.233. The van der Waals surface area contributed by atoms with E-state index in [9.17, 15) is 18.0 Å². The topological polar surface area (TPSA) is 120 Å². The zero-order valence-corrected chi connectivity index (χ0v) is 18.4. The summed E-state index contributed by atoms with van der Waals surface area (Å²) in [6.07, 6.45) is 2.17. The summed E-state index contributed by atoms with van der Waals surface area (Å²) in [6.45, 7) is 7.45. The first-order valence-electron chi connectivity index (χ1n) is 10.4. The van der Waals surface area contributed by atoms with E-state index in [1.807, 2.05) is 0 Å². The molecule has 0 unspecified atom stereocenters. The van der Waals surface area contributed by atoms with Gasteiger partial charge in [0.15, 0.2) is 5.82 Å². The van der Waals surface area contributed by atoms with Gasteiger partial charge < -0.3 is 10.2 Å². The fourth-order valence-corrected chi connectivity index (χ4v) is 5.70. The number of amides is 1. The number of H-pyrrole nitrogens is 1. The molecule has 0 spiro atoms. The molecule has 166 valence electrons. The number of aryl methyl sites for hydroxylation is 1. The zero-order valence-electron chi connectivity index (χ0n) is 17.6. The normalized spacial score (nSPS) is 19.4. The van der Waals surface area contributed by atoms with Crippen molar-refractivity contribution in [3.05, 3.63) is 40.1 Å². The Hall–Kier alpha value is -2.76. The van der Waals surface area contributed by atoms with Crippen LogP contribution < -0.4 is 11.0 Å². The van der Waals surface area contributed by atoms with Gasteiger partial charge in [0.25, 0.3) is 5.91 Å². The molecule has 0 atom stereocenters. The highest BCUT2D eigenvalue weighted by atomic mass is 32.2. The van der Waals surface area contributed by atoms with Crippen molar-refractivity contribution in [2.45, 2.75) is 31.7 Å². The molecule has 1 amide bonds. The molecule has 1 aromatic carbocycles. The average Bonchev–Trinajstić information content (AvgIpc) is 3.14. The first-order valence-corrected chi connectivity index (χ1v) is 11.8. The smallest absolute Gasteiger partial charge is 0.321 e. The van der Waals surface area contributed by atoms with Crippen LogP contribution in [0.3, 0.4) is 0 Å². The summed E-state index contributed by atoms with van der Waals surface area (Å²) in [5.41, 5.74) is 0.519. The van der Waals surface area contributed by atoms with Crippen molar-refractivity contribution >= 4 is 33.3 Å². The molecule has 31 heavy (non-hydrogen) atoms. The fraction of sp³-hybridized carbons (Fsp3) is 0.450. The lowest BCUT2D eigenvalue weighted by molar-refractivity contribution is -0.110. The Morgan fingerprint density at radius 2 is 1.90 bits per heavy atom. The third kappa shape index (κ3) is 3.95. The summed E-state index contributed by atoms with van der Waals surface area (Å²) in [5, 5.41) is 6.86. The van der Waals surface area contributed by atoms with Crippen molar-refractivity contribution in [2.75, 3.05) is 38.0 Å². The summed E-state index contributed by atoms with van der Waals surface area (Å²) in [4.78, 5) is 29.5. The molecule has 0 bridgehead atoms. The maximum Gasteiger partial charge on any atom is 0.343 e. The molecular formula is C20H26N6O4S. The van der Waals surface area contributed by atoms with Crippen LogP contribution in [-0.2, 0) is 21.4 Å². The number of aromatic nitrogens is 3. The number of nitrogens with one attached hydrogen (secondary N) is 2. The van der Waals surface area contributed by atoms with Gasteiger partial charge in [-0.05, 0) is 44.6 Å². The number of benzene rings is 1. The molecule has 1 saturated heterocycles. The molecule has 4 rings (SSSR count). The highest BCUT2D eigenvalue weighted by molar-refractivity contribution is 7.89. The Morgan fingerprint density at radius 1 is 1.10 bits per heavy atom. The lowest BCUT2D eigenvalue weighted by atomic mass is 10.1. The number of anilines is 1. The maximum atomic E-state index is 13.6. The van der Waals surface area contributed by atoms with Crippen molar-refractivity contribution in [3.63, 3.8) is 0 Å². The van der Waals surface area contributed by atoms with Gasteiger partial charge in [-0.2, -0.15) is 9.40 Å². The van der Waals surface area contributed by atoms with Crippen LogP contribution in [0.25, 0.3) is 11.6 Å². The number of carbonyl (C=O) groups excluding carboxylic acids is 1. The van der Waals surface area contributed by atoms with Crippen molar-refractivity contribution < 1.29 is 13.2 Å². The molecule has 3 heterocycles. The molecule has 11 heteroatoms. The van der Waals surface area contributed by atoms with E-state index >= 15 is 0 Å². The number of fused-ring (bicyclic) bond motifs is 1. The minimum atomic E-state index is -3.82. The third-order valence-electron chi connectivity index (χ3n) is 5.68. The summed E-state index contributed by atoms with van der Waals surface area (Å²) >= 11 is 0. The van der Waals surface area contributed by atoms with Gasteiger partial charge >= 0.3 is 5.69 Å². The Kier molecular flexibility index (Phi) is 5.82. The third-order valence-corrected chi connectivity index (χ3v) is 7.62. The first-order chi connectivity index (χ1) is 14.8. The molecule has 2 aliphatic heterocycles. The summed E-state index contributed by atoms with van der Waals surface area (Å²) in [6, 6.07) is 4.82. The van der Waals surface area contributed by atoms with Crippen molar-refractivity contribution in [2.24, 2.45) is 0 Å². The predicted octanol–water partition coefficient (Wildman–Crippen LogP) is 0.800. The number of hydrogen-bond acceptors (Lipinski definition) is 6. The SMILES string of the molecule is CCN1CCCN(S(=O)(=O)c2cccc3c2/C(=C/c2nn(CC)c(=O)[nH]2)C(=O)N3)CC1. The van der Waals surface area contributed by atoms with Crippen LogP contribution in [0.2, 0.25) is 0 Å². The summed E-state index contributed by atoms with van der Waals surface area (Å²) in [7, 11) is -3.82. The van der Waals surface area contributed by atoms with Gasteiger partial charge in [0.05, 0.1) is 16.2 Å². The van der Waals surface area contributed by atoms with Crippen LogP contribution in [0.1, 0.15) is 31.7 Å². The molecule has 0 radical (unpaired) electrons. The van der Waals surface area contributed by atoms with Crippen LogP contribution in [0, 0.1) is 0 Å². The minimum Gasteiger partial charge on any atom is -0.321 e. The number of aromatic amines is 1. The van der Waals surface area contributed by atoms with Crippen LogP contribution in [-0.4, -0.2) is 71.0 Å². The quantitative estimate of drug-likeness (QED) is 0.656. The van der Waals surface area contributed by atoms with E-state index in [2.05, 4.69) is 27.2 Å². The van der Waals surface area contributed by atoms with Gasteiger partial charge in [-0.15, -0.1) is 0 Å². The Bertz CT molecular complexity index is 1200. The first kappa shape index (κ1) is 21.5. The highest BCUT2D eigenvalue weighted by Crippen LogP contribution is 2.38. The van der Waals surface area contributed by atoms with Crippen molar-refractivity contribution in [1.82, 2.24) is 24.0 Å². The highest BCUT2D eigenvalue weighted by Gasteiger charge is 2.35. The number of rotatable bonds is 5. The van der Waals surface area contributed by atoms with Gasteiger partial charge in [0, 0.05) is 31.7 Å². The van der Waals surface area contributed by atoms with Crippen LogP contribution in [0.5, 0.6) is 0 Å². The van der Waals surface area contributed by atoms with E-state index in [0.29, 0.717) is 37.4 Å². The molecule has 0 aliphatic carbocycles. The van der Waals surface area contributed by atoms with E-state index in [1.54, 1.807) is 19.1 Å². The van der Waals surface area contributed by atoms with Gasteiger partial charge in [0.2, 0.25) is 10.0 Å². The van der Waals surface area contributed by atoms with E-state index in [1.165, 1.54) is 21.1 Å². The molecule has 1 fully saturated rings. The lowest BCUT2D eigenvalue weighted by Gasteiger charge is -2.22. The maximum absolute atomic E-state index is 13.6. The summed E-state index contributed by atoms with van der Waals surface area (Å²) < 4.78 is 29.9. The molecular weight excluding hydrogens is 420 g/mol. The Morgan fingerprint density at radius 3 is 2.61 bits per heavy atom. The van der Waals surface area contributed by atoms with Gasteiger partial charge in [-0.1, -0.05) is 13.0 Å². The lowest BCUT2D eigenvalue weighted by Crippen LogP contribution is -2.35. The number of hydrogen-bond donors (Lipinski definition) is 2. The second kappa shape index (κ2) is 8.40. The van der Waals surface area contributed by atoms with E-state index in [4.69, 9.17) is 0 Å². The van der Waals surface area contributed by atoms with E-state index < -0.39 is 15.9 Å². The van der Waals surface area contributed by atoms with Crippen LogP contribution >= 0.6 is 0 Å². The number of carbonyl (C=O) groups is 1. The van der Waals surface area contributed by atoms with E-state index in [-0.39, 0.29) is 22.0 Å². The fourth-order valence-electron chi connectivity index (χ4n) is 4.00.